The highest BCUT2D eigenvalue weighted by Gasteiger charge is 2.23. The zero-order valence-electron chi connectivity index (χ0n) is 20.7. The van der Waals surface area contributed by atoms with Gasteiger partial charge in [0.1, 0.15) is 17.4 Å². The van der Waals surface area contributed by atoms with Crippen LogP contribution in [-0.4, -0.2) is 62.0 Å². The second-order valence-corrected chi connectivity index (χ2v) is 7.68. The van der Waals surface area contributed by atoms with Gasteiger partial charge >= 0.3 is 0 Å². The van der Waals surface area contributed by atoms with Crippen LogP contribution in [-0.2, 0) is 0 Å². The molecule has 0 bridgehead atoms. The fraction of sp³-hybridized carbons (Fsp3) is 0.440. The molecule has 1 atom stereocenters. The van der Waals surface area contributed by atoms with Crippen LogP contribution in [0.5, 0.6) is 5.75 Å². The number of nitrogens with zero attached hydrogens (tertiary/aromatic N) is 2. The van der Waals surface area contributed by atoms with Crippen molar-refractivity contribution in [3.8, 4) is 5.75 Å². The number of hydrogen-bond donors (Lipinski definition) is 4. The van der Waals surface area contributed by atoms with Gasteiger partial charge in [-0.2, -0.15) is 0 Å². The highest BCUT2D eigenvalue weighted by Crippen LogP contribution is 2.32. The van der Waals surface area contributed by atoms with Crippen LogP contribution in [0.4, 0.5) is 15.9 Å². The molecular weight excluding hydrogens is 435 g/mol. The van der Waals surface area contributed by atoms with Crippen LogP contribution in [0.3, 0.4) is 0 Å². The Morgan fingerprint density at radius 2 is 2.09 bits per heavy atom. The summed E-state index contributed by atoms with van der Waals surface area (Å²) in [5.74, 6) is 0.513. The van der Waals surface area contributed by atoms with Gasteiger partial charge in [-0.3, -0.25) is 9.69 Å². The zero-order valence-corrected chi connectivity index (χ0v) is 20.7. The van der Waals surface area contributed by atoms with Crippen molar-refractivity contribution >= 4 is 28.7 Å². The first-order valence-electron chi connectivity index (χ1n) is 11.6. The number of nitrogens with two attached hydrogens (primary N) is 1. The molecule has 1 aliphatic heterocycles. The molecule has 2 aromatic heterocycles. The molecule has 0 radical (unpaired) electrons. The average molecular weight is 473 g/mol. The van der Waals surface area contributed by atoms with Gasteiger partial charge < -0.3 is 26.1 Å². The summed E-state index contributed by atoms with van der Waals surface area (Å²) in [6.45, 7) is 6.17. The molecule has 1 saturated heterocycles. The number of H-pyrrole nitrogens is 1. The molecule has 0 amide bonds. The number of aldehydes is 1. The summed E-state index contributed by atoms with van der Waals surface area (Å²) in [5.41, 5.74) is 8.25. The fourth-order valence-corrected chi connectivity index (χ4v) is 3.86. The van der Waals surface area contributed by atoms with Crippen molar-refractivity contribution in [1.82, 2.24) is 14.9 Å². The monoisotopic (exact) mass is 472 g/mol. The van der Waals surface area contributed by atoms with Gasteiger partial charge in [-0.1, -0.05) is 13.8 Å². The largest absolute Gasteiger partial charge is 0.496 e. The number of anilines is 2. The Morgan fingerprint density at radius 1 is 1.32 bits per heavy atom. The summed E-state index contributed by atoms with van der Waals surface area (Å²) in [4.78, 5) is 20.8. The smallest absolute Gasteiger partial charge is 0.156 e. The number of carbonyl (C=O) groups is 1. The Kier molecular flexibility index (Phi) is 10.8. The number of nitrogens with one attached hydrogen (secondary N) is 3. The van der Waals surface area contributed by atoms with Crippen LogP contribution in [0.15, 0.2) is 30.5 Å². The Morgan fingerprint density at radius 3 is 2.68 bits per heavy atom. The summed E-state index contributed by atoms with van der Waals surface area (Å²) < 4.78 is 18.2. The van der Waals surface area contributed by atoms with Gasteiger partial charge in [0, 0.05) is 61.3 Å². The van der Waals surface area contributed by atoms with E-state index in [2.05, 4.69) is 44.7 Å². The third kappa shape index (κ3) is 6.68. The first kappa shape index (κ1) is 27.1. The van der Waals surface area contributed by atoms with Crippen LogP contribution in [0.1, 0.15) is 48.8 Å². The molecule has 1 fully saturated rings. The van der Waals surface area contributed by atoms with Crippen LogP contribution < -0.4 is 21.1 Å². The van der Waals surface area contributed by atoms with E-state index in [1.165, 1.54) is 49.2 Å². The summed E-state index contributed by atoms with van der Waals surface area (Å²) >= 11 is 0. The molecule has 3 aromatic rings. The SMILES string of the molecule is CC.CNc1cc2[nH]c(C3CCCN3C)cc2cn1.COc1cc(NCCN)cc(F)c1C=O. The van der Waals surface area contributed by atoms with Crippen LogP contribution in [0.2, 0.25) is 0 Å². The molecule has 9 heteroatoms. The molecule has 0 saturated carbocycles. The van der Waals surface area contributed by atoms with Crippen LogP contribution >= 0.6 is 0 Å². The van der Waals surface area contributed by atoms with E-state index in [1.807, 2.05) is 27.1 Å². The Hall–Kier alpha value is -3.17. The predicted octanol–water partition coefficient (Wildman–Crippen LogP) is 4.41. The minimum Gasteiger partial charge on any atom is -0.496 e. The topological polar surface area (TPSA) is 108 Å². The highest BCUT2D eigenvalue weighted by molar-refractivity contribution is 5.82. The minimum absolute atomic E-state index is 0.0733. The van der Waals surface area contributed by atoms with Crippen molar-refractivity contribution in [2.24, 2.45) is 5.73 Å². The molecule has 1 aliphatic rings. The van der Waals surface area contributed by atoms with Crippen LogP contribution in [0, 0.1) is 5.82 Å². The van der Waals surface area contributed by atoms with Crippen molar-refractivity contribution < 1.29 is 13.9 Å². The molecule has 34 heavy (non-hydrogen) atoms. The lowest BCUT2D eigenvalue weighted by atomic mass is 10.1. The Bertz CT molecular complexity index is 1060. The summed E-state index contributed by atoms with van der Waals surface area (Å²) in [7, 11) is 5.47. The second-order valence-electron chi connectivity index (χ2n) is 7.68. The number of aromatic nitrogens is 2. The van der Waals surface area contributed by atoms with E-state index in [-0.39, 0.29) is 11.3 Å². The predicted molar refractivity (Wildman–Crippen MR) is 137 cm³/mol. The van der Waals surface area contributed by atoms with E-state index in [9.17, 15) is 9.18 Å². The zero-order chi connectivity index (χ0) is 25.1. The first-order chi connectivity index (χ1) is 16.5. The maximum atomic E-state index is 13.3. The van der Waals surface area contributed by atoms with E-state index < -0.39 is 5.82 Å². The first-order valence-corrected chi connectivity index (χ1v) is 11.6. The number of rotatable bonds is 7. The van der Waals surface area contributed by atoms with Gasteiger partial charge in [0.15, 0.2) is 6.29 Å². The molecule has 1 aromatic carbocycles. The third-order valence-corrected chi connectivity index (χ3v) is 5.56. The molecule has 5 N–H and O–H groups in total. The summed E-state index contributed by atoms with van der Waals surface area (Å²) in [5, 5.41) is 7.16. The molecule has 186 valence electrons. The van der Waals surface area contributed by atoms with Gasteiger partial charge in [-0.15, -0.1) is 0 Å². The second kappa shape index (κ2) is 13.5. The van der Waals surface area contributed by atoms with Gasteiger partial charge in [0.25, 0.3) is 0 Å². The molecule has 3 heterocycles. The van der Waals surface area contributed by atoms with Gasteiger partial charge in [0.05, 0.1) is 18.2 Å². The number of aromatic amines is 1. The molecule has 1 unspecified atom stereocenters. The number of fused-ring (bicyclic) bond motifs is 1. The summed E-state index contributed by atoms with van der Waals surface area (Å²) in [6.07, 6.45) is 4.89. The molecular formula is C25H37FN6O2. The van der Waals surface area contributed by atoms with Gasteiger partial charge in [-0.25, -0.2) is 9.37 Å². The number of ether oxygens (including phenoxy) is 1. The average Bonchev–Trinajstić information content (AvgIpc) is 3.48. The lowest BCUT2D eigenvalue weighted by molar-refractivity contribution is 0.111. The number of benzene rings is 1. The lowest BCUT2D eigenvalue weighted by Crippen LogP contribution is -2.17. The normalized spacial score (nSPS) is 15.1. The van der Waals surface area contributed by atoms with Gasteiger partial charge in [-0.05, 0) is 38.6 Å². The van der Waals surface area contributed by atoms with Gasteiger partial charge in [0.2, 0.25) is 0 Å². The number of carbonyl (C=O) groups excluding carboxylic acids is 1. The molecule has 0 spiro atoms. The van der Waals surface area contributed by atoms with Crippen LogP contribution in [0.25, 0.3) is 10.9 Å². The van der Waals surface area contributed by atoms with Crippen molar-refractivity contribution in [1.29, 1.82) is 0 Å². The molecule has 8 nitrogen and oxygen atoms in total. The van der Waals surface area contributed by atoms with Crippen molar-refractivity contribution in [3.05, 3.63) is 47.5 Å². The maximum Gasteiger partial charge on any atom is 0.156 e. The highest BCUT2D eigenvalue weighted by atomic mass is 19.1. The number of likely N-dealkylation sites (tertiary alicyclic amines) is 1. The van der Waals surface area contributed by atoms with Crippen molar-refractivity contribution in [2.75, 3.05) is 51.5 Å². The Labute approximate surface area is 201 Å². The van der Waals surface area contributed by atoms with E-state index in [4.69, 9.17) is 10.5 Å². The van der Waals surface area contributed by atoms with E-state index >= 15 is 0 Å². The van der Waals surface area contributed by atoms with E-state index in [0.717, 1.165) is 5.82 Å². The van der Waals surface area contributed by atoms with Crippen molar-refractivity contribution in [3.63, 3.8) is 0 Å². The standard InChI is InChI=1S/C13H18N4.C10H13FN2O2.C2H6/c1-14-13-7-10-9(8-15-13)6-11(16-10)12-4-3-5-17(12)2;1-15-10-5-7(13-3-2-12)4-9(11)8(10)6-14;1-2/h6-8,12,16H,3-5H2,1-2H3,(H,14,15);4-6,13H,2-3,12H2,1H3;1-2H3. The number of methoxy groups -OCH3 is 1. The molecule has 4 rings (SSSR count). The fourth-order valence-electron chi connectivity index (χ4n) is 3.86. The minimum atomic E-state index is -0.608. The number of pyridine rings is 1. The Balaban J connectivity index is 0.000000226. The maximum absolute atomic E-state index is 13.3. The number of halogens is 1. The van der Waals surface area contributed by atoms with E-state index in [1.54, 1.807) is 6.07 Å². The van der Waals surface area contributed by atoms with E-state index in [0.29, 0.717) is 31.1 Å². The van der Waals surface area contributed by atoms with Crippen molar-refractivity contribution in [2.45, 2.75) is 32.7 Å². The number of hydrogen-bond acceptors (Lipinski definition) is 7. The molecule has 0 aliphatic carbocycles. The lowest BCUT2D eigenvalue weighted by Gasteiger charge is -2.17. The quantitative estimate of drug-likeness (QED) is 0.377. The third-order valence-electron chi connectivity index (χ3n) is 5.56. The summed E-state index contributed by atoms with van der Waals surface area (Å²) in [6, 6.07) is 7.63.